The van der Waals surface area contributed by atoms with Crippen LogP contribution in [0.2, 0.25) is 5.02 Å². The molecular formula is C24H16ClFN4OS. The van der Waals surface area contributed by atoms with Gasteiger partial charge in [0.2, 0.25) is 5.13 Å². The molecule has 0 fully saturated rings. The molecule has 0 spiro atoms. The average molecular weight is 463 g/mol. The van der Waals surface area contributed by atoms with Crippen LogP contribution in [-0.2, 0) is 0 Å². The molecule has 0 saturated heterocycles. The van der Waals surface area contributed by atoms with Gasteiger partial charge in [-0.1, -0.05) is 65.4 Å². The molecule has 2 heterocycles. The first kappa shape index (κ1) is 20.4. The van der Waals surface area contributed by atoms with Crippen LogP contribution in [0.3, 0.4) is 0 Å². The predicted octanol–water partition coefficient (Wildman–Crippen LogP) is 6.38. The Morgan fingerprint density at radius 2 is 1.84 bits per heavy atom. The van der Waals surface area contributed by atoms with E-state index in [-0.39, 0.29) is 10.6 Å². The van der Waals surface area contributed by atoms with Gasteiger partial charge in [-0.2, -0.15) is 4.68 Å². The van der Waals surface area contributed by atoms with E-state index in [1.165, 1.54) is 28.2 Å². The minimum atomic E-state index is -0.565. The Morgan fingerprint density at radius 1 is 1.09 bits per heavy atom. The van der Waals surface area contributed by atoms with Crippen molar-refractivity contribution in [2.75, 3.05) is 0 Å². The van der Waals surface area contributed by atoms with Gasteiger partial charge in [0.1, 0.15) is 5.82 Å². The second kappa shape index (κ2) is 8.18. The highest BCUT2D eigenvalue weighted by atomic mass is 35.5. The Kier molecular flexibility index (Phi) is 5.20. The van der Waals surface area contributed by atoms with Crippen LogP contribution in [-0.4, -0.2) is 20.5 Å². The molecule has 0 aliphatic carbocycles. The van der Waals surface area contributed by atoms with E-state index in [2.05, 4.69) is 15.1 Å². The predicted molar refractivity (Wildman–Crippen MR) is 128 cm³/mol. The van der Waals surface area contributed by atoms with Gasteiger partial charge in [-0.15, -0.1) is 0 Å². The summed E-state index contributed by atoms with van der Waals surface area (Å²) in [5.41, 5.74) is 3.20. The highest BCUT2D eigenvalue weighted by molar-refractivity contribution is 7.20. The molecule has 1 N–H and O–H groups in total. The molecule has 0 saturated carbocycles. The van der Waals surface area contributed by atoms with Crippen LogP contribution in [0.25, 0.3) is 26.6 Å². The molecule has 32 heavy (non-hydrogen) atoms. The van der Waals surface area contributed by atoms with Gasteiger partial charge in [0, 0.05) is 11.6 Å². The summed E-state index contributed by atoms with van der Waals surface area (Å²) in [7, 11) is 0. The molecule has 0 radical (unpaired) electrons. The number of aliphatic imine (C=N–C) groups is 1. The van der Waals surface area contributed by atoms with Gasteiger partial charge in [0.05, 0.1) is 37.9 Å². The Labute approximate surface area is 191 Å². The van der Waals surface area contributed by atoms with E-state index in [0.29, 0.717) is 27.8 Å². The molecule has 5 rings (SSSR count). The van der Waals surface area contributed by atoms with Crippen molar-refractivity contribution in [1.29, 1.82) is 0 Å². The smallest absolute Gasteiger partial charge is 0.283 e. The molecule has 158 valence electrons. The zero-order valence-electron chi connectivity index (χ0n) is 16.8. The number of fused-ring (bicyclic) bond motifs is 1. The molecule has 0 aliphatic rings. The zero-order chi connectivity index (χ0) is 22.2. The molecule has 0 unspecified atom stereocenters. The number of H-pyrrole nitrogens is 1. The highest BCUT2D eigenvalue weighted by Gasteiger charge is 2.21. The van der Waals surface area contributed by atoms with Gasteiger partial charge in [0.15, 0.2) is 0 Å². The zero-order valence-corrected chi connectivity index (χ0v) is 18.4. The first-order valence-electron chi connectivity index (χ1n) is 9.78. The minimum Gasteiger partial charge on any atom is -0.288 e. The average Bonchev–Trinajstić information content (AvgIpc) is 3.37. The number of benzene rings is 3. The van der Waals surface area contributed by atoms with E-state index in [0.717, 1.165) is 15.8 Å². The number of aromatic amines is 1. The lowest BCUT2D eigenvalue weighted by Crippen LogP contribution is -2.19. The van der Waals surface area contributed by atoms with Crippen LogP contribution in [0.5, 0.6) is 0 Å². The molecule has 0 atom stereocenters. The second-order valence-electron chi connectivity index (χ2n) is 7.13. The summed E-state index contributed by atoms with van der Waals surface area (Å²) >= 11 is 7.20. The summed E-state index contributed by atoms with van der Waals surface area (Å²) in [5.74, 6) is -0.565. The minimum absolute atomic E-state index is 0.0198. The molecule has 0 aliphatic heterocycles. The third-order valence-corrected chi connectivity index (χ3v) is 6.32. The number of hydrogen-bond acceptors (Lipinski definition) is 4. The van der Waals surface area contributed by atoms with E-state index in [1.54, 1.807) is 13.0 Å². The molecule has 8 heteroatoms. The number of rotatable bonds is 4. The maximum Gasteiger partial charge on any atom is 0.283 e. The van der Waals surface area contributed by atoms with Crippen molar-refractivity contribution >= 4 is 44.6 Å². The topological polar surface area (TPSA) is 63.0 Å². The summed E-state index contributed by atoms with van der Waals surface area (Å²) in [5, 5.41) is 3.76. The number of para-hydroxylation sites is 1. The number of hydrogen-bond donors (Lipinski definition) is 1. The third kappa shape index (κ3) is 3.66. The number of halogens is 2. The fraction of sp³-hybridized carbons (Fsp3) is 0.0417. The maximum absolute atomic E-state index is 13.9. The molecule has 0 bridgehead atoms. The summed E-state index contributed by atoms with van der Waals surface area (Å²) in [6.07, 6.45) is 0. The Balaban J connectivity index is 1.71. The van der Waals surface area contributed by atoms with Gasteiger partial charge in [-0.25, -0.2) is 9.37 Å². The van der Waals surface area contributed by atoms with Crippen molar-refractivity contribution in [3.05, 3.63) is 99.6 Å². The first-order valence-corrected chi connectivity index (χ1v) is 11.0. The van der Waals surface area contributed by atoms with E-state index >= 15 is 0 Å². The van der Waals surface area contributed by atoms with Crippen molar-refractivity contribution in [2.24, 2.45) is 4.99 Å². The molecular weight excluding hydrogens is 447 g/mol. The summed E-state index contributed by atoms with van der Waals surface area (Å²) in [6, 6.07) is 21.5. The van der Waals surface area contributed by atoms with Crippen LogP contribution in [0.4, 0.5) is 10.1 Å². The van der Waals surface area contributed by atoms with Crippen LogP contribution in [0.1, 0.15) is 12.5 Å². The molecule has 3 aromatic carbocycles. The van der Waals surface area contributed by atoms with E-state index in [4.69, 9.17) is 11.6 Å². The first-order chi connectivity index (χ1) is 15.5. The SMILES string of the molecule is CC(=Nc1ccc(Cl)c(F)c1)c1c(-c2ccccc2)[nH]n(-c2nc3ccccc3s2)c1=O. The summed E-state index contributed by atoms with van der Waals surface area (Å²) in [4.78, 5) is 22.6. The van der Waals surface area contributed by atoms with Gasteiger partial charge in [-0.3, -0.25) is 14.9 Å². The molecule has 0 amide bonds. The van der Waals surface area contributed by atoms with Gasteiger partial charge in [-0.05, 0) is 31.2 Å². The van der Waals surface area contributed by atoms with Crippen molar-refractivity contribution < 1.29 is 4.39 Å². The Morgan fingerprint density at radius 3 is 2.59 bits per heavy atom. The van der Waals surface area contributed by atoms with Gasteiger partial charge in [0.25, 0.3) is 5.56 Å². The monoisotopic (exact) mass is 462 g/mol. The fourth-order valence-electron chi connectivity index (χ4n) is 3.48. The lowest BCUT2D eigenvalue weighted by atomic mass is 10.1. The number of nitrogens with one attached hydrogen (secondary N) is 1. The van der Waals surface area contributed by atoms with Gasteiger partial charge >= 0.3 is 0 Å². The number of aromatic nitrogens is 3. The summed E-state index contributed by atoms with van der Waals surface area (Å²) < 4.78 is 16.3. The lowest BCUT2D eigenvalue weighted by molar-refractivity contribution is 0.628. The maximum atomic E-state index is 13.9. The largest absolute Gasteiger partial charge is 0.288 e. The van der Waals surface area contributed by atoms with Gasteiger partial charge < -0.3 is 0 Å². The van der Waals surface area contributed by atoms with E-state index < -0.39 is 5.82 Å². The van der Waals surface area contributed by atoms with Crippen LogP contribution in [0.15, 0.2) is 82.6 Å². The Bertz CT molecular complexity index is 1500. The third-order valence-electron chi connectivity index (χ3n) is 4.99. The van der Waals surface area contributed by atoms with Crippen LogP contribution >= 0.6 is 22.9 Å². The Hall–Kier alpha value is -3.55. The second-order valence-corrected chi connectivity index (χ2v) is 8.54. The molecule has 5 nitrogen and oxygen atoms in total. The highest BCUT2D eigenvalue weighted by Crippen LogP contribution is 2.27. The fourth-order valence-corrected chi connectivity index (χ4v) is 4.52. The van der Waals surface area contributed by atoms with Crippen molar-refractivity contribution in [3.63, 3.8) is 0 Å². The van der Waals surface area contributed by atoms with Crippen molar-refractivity contribution in [1.82, 2.24) is 14.8 Å². The van der Waals surface area contributed by atoms with E-state index in [1.807, 2.05) is 54.6 Å². The lowest BCUT2D eigenvalue weighted by Gasteiger charge is -2.03. The van der Waals surface area contributed by atoms with Crippen molar-refractivity contribution in [3.8, 4) is 16.4 Å². The standard InChI is InChI=1S/C24H16ClFN4OS/c1-14(27-16-11-12-17(25)18(26)13-16)21-22(15-7-3-2-4-8-15)29-30(23(21)31)24-28-19-9-5-6-10-20(19)32-24/h2-13,29H,1H3. The van der Waals surface area contributed by atoms with E-state index in [9.17, 15) is 9.18 Å². The number of thiazole rings is 1. The van der Waals surface area contributed by atoms with Crippen molar-refractivity contribution in [2.45, 2.75) is 6.92 Å². The molecule has 5 aromatic rings. The van der Waals surface area contributed by atoms with Crippen LogP contribution < -0.4 is 5.56 Å². The normalized spacial score (nSPS) is 11.9. The quantitative estimate of drug-likeness (QED) is 0.315. The summed E-state index contributed by atoms with van der Waals surface area (Å²) in [6.45, 7) is 1.73. The number of nitrogens with zero attached hydrogens (tertiary/aromatic N) is 3. The molecule has 2 aromatic heterocycles. The van der Waals surface area contributed by atoms with Crippen LogP contribution in [0, 0.1) is 5.82 Å².